The van der Waals surface area contributed by atoms with Gasteiger partial charge in [0.2, 0.25) is 0 Å². The molecule has 4 rings (SSSR count). The van der Waals surface area contributed by atoms with Gasteiger partial charge in [0.25, 0.3) is 0 Å². The highest BCUT2D eigenvalue weighted by Gasteiger charge is 2.21. The van der Waals surface area contributed by atoms with Crippen LogP contribution in [0.2, 0.25) is 5.02 Å². The number of carbonyl (C=O) groups excluding carboxylic acids is 1. The fourth-order valence-corrected chi connectivity index (χ4v) is 4.13. The molecule has 10 heteroatoms. The predicted molar refractivity (Wildman–Crippen MR) is 120 cm³/mol. The van der Waals surface area contributed by atoms with E-state index < -0.39 is 12.4 Å². The number of ether oxygens (including phenoxy) is 1. The fourth-order valence-electron chi connectivity index (χ4n) is 3.07. The normalized spacial score (nSPS) is 11.1. The molecule has 33 heavy (non-hydrogen) atoms. The van der Waals surface area contributed by atoms with Crippen molar-refractivity contribution in [1.82, 2.24) is 14.8 Å². The third kappa shape index (κ3) is 5.20. The van der Waals surface area contributed by atoms with Crippen molar-refractivity contribution < 1.29 is 22.7 Å². The number of Topliss-reactive ketones (excluding diaryl/α,β-unsaturated/α-hetero) is 1. The third-order valence-electron chi connectivity index (χ3n) is 4.58. The molecule has 168 valence electrons. The van der Waals surface area contributed by atoms with Crippen molar-refractivity contribution in [3.05, 3.63) is 89.2 Å². The van der Waals surface area contributed by atoms with E-state index in [4.69, 9.17) is 11.6 Å². The molecular formula is C23H15ClF3N3O2S. The number of halogens is 4. The van der Waals surface area contributed by atoms with Gasteiger partial charge in [0.1, 0.15) is 11.6 Å². The SMILES string of the molecule is O=C(CSc1nnc(-c2ccccc2Cl)n1-c1ccccc1F)c1ccc(OC(F)F)cc1. The maximum atomic E-state index is 14.7. The topological polar surface area (TPSA) is 57.0 Å². The van der Waals surface area contributed by atoms with Gasteiger partial charge in [-0.1, -0.05) is 47.6 Å². The Morgan fingerprint density at radius 1 is 1.00 bits per heavy atom. The molecule has 3 aromatic carbocycles. The molecule has 0 bridgehead atoms. The average Bonchev–Trinajstić information content (AvgIpc) is 3.21. The lowest BCUT2D eigenvalue weighted by Crippen LogP contribution is -2.06. The summed E-state index contributed by atoms with van der Waals surface area (Å²) in [4.78, 5) is 12.6. The monoisotopic (exact) mass is 489 g/mol. The van der Waals surface area contributed by atoms with E-state index >= 15 is 0 Å². The molecule has 1 aromatic heterocycles. The highest BCUT2D eigenvalue weighted by molar-refractivity contribution is 7.99. The quantitative estimate of drug-likeness (QED) is 0.215. The van der Waals surface area contributed by atoms with Crippen molar-refractivity contribution in [2.75, 3.05) is 5.75 Å². The van der Waals surface area contributed by atoms with E-state index in [1.807, 2.05) is 0 Å². The number of hydrogen-bond acceptors (Lipinski definition) is 5. The number of thioether (sulfide) groups is 1. The summed E-state index contributed by atoms with van der Waals surface area (Å²) < 4.78 is 45.1. The zero-order valence-electron chi connectivity index (χ0n) is 16.8. The summed E-state index contributed by atoms with van der Waals surface area (Å²) in [5.74, 6) is -0.518. The molecule has 0 spiro atoms. The van der Waals surface area contributed by atoms with Gasteiger partial charge in [-0.25, -0.2) is 4.39 Å². The molecule has 0 unspecified atom stereocenters. The van der Waals surface area contributed by atoms with Crippen LogP contribution < -0.4 is 4.74 Å². The van der Waals surface area contributed by atoms with Gasteiger partial charge in [0, 0.05) is 11.1 Å². The Morgan fingerprint density at radius 2 is 1.70 bits per heavy atom. The van der Waals surface area contributed by atoms with Crippen LogP contribution in [0, 0.1) is 5.82 Å². The second-order valence-corrected chi connectivity index (χ2v) is 8.04. The van der Waals surface area contributed by atoms with Crippen LogP contribution in [-0.2, 0) is 0 Å². The molecule has 0 aliphatic carbocycles. The number of nitrogens with zero attached hydrogens (tertiary/aromatic N) is 3. The number of ketones is 1. The number of alkyl halides is 2. The van der Waals surface area contributed by atoms with Crippen LogP contribution in [0.4, 0.5) is 13.2 Å². The van der Waals surface area contributed by atoms with Crippen molar-refractivity contribution in [2.24, 2.45) is 0 Å². The maximum Gasteiger partial charge on any atom is 0.387 e. The minimum Gasteiger partial charge on any atom is -0.435 e. The van der Waals surface area contributed by atoms with Crippen molar-refractivity contribution in [3.63, 3.8) is 0 Å². The Hall–Kier alpha value is -3.30. The average molecular weight is 490 g/mol. The Morgan fingerprint density at radius 3 is 2.39 bits per heavy atom. The lowest BCUT2D eigenvalue weighted by atomic mass is 10.1. The van der Waals surface area contributed by atoms with Crippen molar-refractivity contribution in [2.45, 2.75) is 11.8 Å². The third-order valence-corrected chi connectivity index (χ3v) is 5.83. The lowest BCUT2D eigenvalue weighted by molar-refractivity contribution is -0.0498. The summed E-state index contributed by atoms with van der Waals surface area (Å²) >= 11 is 7.39. The van der Waals surface area contributed by atoms with Crippen molar-refractivity contribution >= 4 is 29.1 Å². The minimum absolute atomic E-state index is 0.0375. The first-order valence-electron chi connectivity index (χ1n) is 9.60. The molecule has 0 aliphatic heterocycles. The van der Waals surface area contributed by atoms with Gasteiger partial charge in [-0.15, -0.1) is 10.2 Å². The van der Waals surface area contributed by atoms with Gasteiger partial charge in [-0.3, -0.25) is 9.36 Å². The van der Waals surface area contributed by atoms with E-state index in [-0.39, 0.29) is 23.0 Å². The number of para-hydroxylation sites is 1. The summed E-state index contributed by atoms with van der Waals surface area (Å²) in [5, 5.41) is 9.07. The van der Waals surface area contributed by atoms with Gasteiger partial charge >= 0.3 is 6.61 Å². The van der Waals surface area contributed by atoms with Crippen LogP contribution in [0.5, 0.6) is 5.75 Å². The molecule has 0 saturated carbocycles. The van der Waals surface area contributed by atoms with Crippen molar-refractivity contribution in [1.29, 1.82) is 0 Å². The Balaban J connectivity index is 1.62. The minimum atomic E-state index is -2.95. The zero-order chi connectivity index (χ0) is 23.4. The van der Waals surface area contributed by atoms with Crippen LogP contribution in [0.15, 0.2) is 78.0 Å². The first-order chi connectivity index (χ1) is 15.9. The highest BCUT2D eigenvalue weighted by atomic mass is 35.5. The molecule has 0 fully saturated rings. The molecule has 0 saturated heterocycles. The van der Waals surface area contributed by atoms with Crippen LogP contribution in [0.1, 0.15) is 10.4 Å². The molecule has 0 N–H and O–H groups in total. The largest absolute Gasteiger partial charge is 0.435 e. The fraction of sp³-hybridized carbons (Fsp3) is 0.0870. The molecule has 1 heterocycles. The van der Waals surface area contributed by atoms with E-state index in [2.05, 4.69) is 14.9 Å². The summed E-state index contributed by atoms with van der Waals surface area (Å²) in [6.07, 6.45) is 0. The second-order valence-electron chi connectivity index (χ2n) is 6.69. The highest BCUT2D eigenvalue weighted by Crippen LogP contribution is 2.33. The van der Waals surface area contributed by atoms with Crippen LogP contribution in [0.25, 0.3) is 17.1 Å². The van der Waals surface area contributed by atoms with E-state index in [1.165, 1.54) is 34.9 Å². The Bertz CT molecular complexity index is 1280. The first-order valence-corrected chi connectivity index (χ1v) is 11.0. The maximum absolute atomic E-state index is 14.7. The number of hydrogen-bond donors (Lipinski definition) is 0. The molecule has 4 aromatic rings. The molecule has 0 aliphatic rings. The Kier molecular flexibility index (Phi) is 7.00. The molecule has 0 amide bonds. The second kappa shape index (κ2) is 10.1. The number of carbonyl (C=O) groups is 1. The predicted octanol–water partition coefficient (Wildman–Crippen LogP) is 6.30. The van der Waals surface area contributed by atoms with Gasteiger partial charge in [-0.2, -0.15) is 8.78 Å². The number of aromatic nitrogens is 3. The summed E-state index contributed by atoms with van der Waals surface area (Å²) in [5.41, 5.74) is 1.08. The van der Waals surface area contributed by atoms with E-state index in [1.54, 1.807) is 42.5 Å². The molecule has 5 nitrogen and oxygen atoms in total. The number of benzene rings is 3. The van der Waals surface area contributed by atoms with E-state index in [9.17, 15) is 18.0 Å². The standard InChI is InChI=1S/C23H15ClF3N3O2S/c24-17-6-2-1-5-16(17)21-28-29-23(30(21)19-8-4-3-7-18(19)25)33-13-20(31)14-9-11-15(12-10-14)32-22(26)27/h1-12,22H,13H2. The summed E-state index contributed by atoms with van der Waals surface area (Å²) in [7, 11) is 0. The smallest absolute Gasteiger partial charge is 0.387 e. The van der Waals surface area contributed by atoms with Crippen LogP contribution in [-0.4, -0.2) is 32.9 Å². The summed E-state index contributed by atoms with van der Waals surface area (Å²) in [6.45, 7) is -2.95. The van der Waals surface area contributed by atoms with Gasteiger partial charge < -0.3 is 4.74 Å². The van der Waals surface area contributed by atoms with Gasteiger partial charge in [0.15, 0.2) is 16.8 Å². The first kappa shape index (κ1) is 22.9. The molecule has 0 radical (unpaired) electrons. The van der Waals surface area contributed by atoms with Gasteiger partial charge in [-0.05, 0) is 48.5 Å². The molecular weight excluding hydrogens is 475 g/mol. The number of rotatable bonds is 8. The van der Waals surface area contributed by atoms with Crippen LogP contribution in [0.3, 0.4) is 0 Å². The zero-order valence-corrected chi connectivity index (χ0v) is 18.4. The van der Waals surface area contributed by atoms with Gasteiger partial charge in [0.05, 0.1) is 16.5 Å². The molecule has 0 atom stereocenters. The lowest BCUT2D eigenvalue weighted by Gasteiger charge is -2.12. The van der Waals surface area contributed by atoms with Crippen molar-refractivity contribution in [3.8, 4) is 22.8 Å². The Labute approximate surface area is 196 Å². The summed E-state index contributed by atoms with van der Waals surface area (Å²) in [6, 6.07) is 18.5. The van der Waals surface area contributed by atoms with Crippen LogP contribution >= 0.6 is 23.4 Å². The van der Waals surface area contributed by atoms with E-state index in [0.29, 0.717) is 27.1 Å². The van der Waals surface area contributed by atoms with E-state index in [0.717, 1.165) is 11.8 Å².